The number of ketones is 1. The molecule has 4 aliphatic carbocycles. The van der Waals surface area contributed by atoms with Gasteiger partial charge in [0.05, 0.1) is 18.4 Å². The van der Waals surface area contributed by atoms with Gasteiger partial charge in [-0.3, -0.25) is 24.2 Å². The first-order valence-electron chi connectivity index (χ1n) is 22.3. The number of rotatable bonds is 14. The largest absolute Gasteiger partial charge is 0.390 e. The van der Waals surface area contributed by atoms with Gasteiger partial charge in [0.1, 0.15) is 12.1 Å². The lowest BCUT2D eigenvalue weighted by molar-refractivity contribution is -0.140. The minimum atomic E-state index is -0.877. The molecular formula is C45H77N7O4. The van der Waals surface area contributed by atoms with E-state index >= 15 is 0 Å². The lowest BCUT2D eigenvalue weighted by Gasteiger charge is -2.39. The normalized spacial score (nSPS) is 27.5. The van der Waals surface area contributed by atoms with Crippen molar-refractivity contribution in [3.63, 3.8) is 0 Å². The summed E-state index contributed by atoms with van der Waals surface area (Å²) in [5.74, 6) is -1.42. The number of aliphatic imine (C=N–C) groups is 1. The summed E-state index contributed by atoms with van der Waals surface area (Å²) in [6.07, 6.45) is 17.8. The van der Waals surface area contributed by atoms with E-state index in [2.05, 4.69) is 65.0 Å². The highest BCUT2D eigenvalue weighted by atomic mass is 16.2. The van der Waals surface area contributed by atoms with E-state index in [4.69, 9.17) is 5.73 Å². The van der Waals surface area contributed by atoms with E-state index in [1.807, 2.05) is 27.7 Å². The Labute approximate surface area is 338 Å². The zero-order valence-electron chi connectivity index (χ0n) is 36.3. The summed E-state index contributed by atoms with van der Waals surface area (Å²) in [4.78, 5) is 63.4. The second-order valence-electron chi connectivity index (χ2n) is 20.1. The molecule has 56 heavy (non-hydrogen) atoms. The third-order valence-corrected chi connectivity index (χ3v) is 15.0. The number of piperidine rings is 1. The third-order valence-electron chi connectivity index (χ3n) is 15.0. The Bertz CT molecular complexity index is 1450. The van der Waals surface area contributed by atoms with Gasteiger partial charge < -0.3 is 31.5 Å². The lowest BCUT2D eigenvalue weighted by atomic mass is 9.73. The number of fused-ring (bicyclic) bond motifs is 1. The molecule has 11 nitrogen and oxygen atoms in total. The molecule has 1 unspecified atom stereocenters. The van der Waals surface area contributed by atoms with Gasteiger partial charge in [0.15, 0.2) is 0 Å². The fourth-order valence-corrected chi connectivity index (χ4v) is 11.2. The molecule has 6 rings (SSSR count). The van der Waals surface area contributed by atoms with Crippen LogP contribution in [0.2, 0.25) is 0 Å². The van der Waals surface area contributed by atoms with Crippen molar-refractivity contribution in [2.75, 3.05) is 19.6 Å². The molecule has 3 amide bonds. The number of Topliss-reactive ketones (excluding diaryl/α,β-unsaturated/α-hetero) is 1. The van der Waals surface area contributed by atoms with Crippen molar-refractivity contribution in [1.29, 1.82) is 0 Å². The summed E-state index contributed by atoms with van der Waals surface area (Å²) in [5, 5.41) is 9.20. The minimum absolute atomic E-state index is 0.0598. The smallest absolute Gasteiger partial charge is 0.289 e. The van der Waals surface area contributed by atoms with E-state index in [0.29, 0.717) is 25.8 Å². The molecule has 11 heteroatoms. The fourth-order valence-electron chi connectivity index (χ4n) is 11.2. The number of carbonyl (C=O) groups excluding carboxylic acids is 4. The monoisotopic (exact) mass is 780 g/mol. The van der Waals surface area contributed by atoms with Gasteiger partial charge in [-0.2, -0.15) is 0 Å². The van der Waals surface area contributed by atoms with Crippen molar-refractivity contribution in [1.82, 2.24) is 25.8 Å². The molecule has 0 aromatic carbocycles. The Morgan fingerprint density at radius 1 is 0.911 bits per heavy atom. The van der Waals surface area contributed by atoms with Crippen LogP contribution in [0.4, 0.5) is 0 Å². The molecule has 0 aromatic heterocycles. The number of hydrogen-bond acceptors (Lipinski definition) is 7. The summed E-state index contributed by atoms with van der Waals surface area (Å²) in [7, 11) is 0. The van der Waals surface area contributed by atoms with Gasteiger partial charge in [0, 0.05) is 29.7 Å². The van der Waals surface area contributed by atoms with Crippen LogP contribution in [0, 0.1) is 27.6 Å². The first-order chi connectivity index (χ1) is 26.4. The van der Waals surface area contributed by atoms with Crippen LogP contribution in [0.15, 0.2) is 17.3 Å². The van der Waals surface area contributed by atoms with Crippen molar-refractivity contribution < 1.29 is 19.2 Å². The van der Waals surface area contributed by atoms with Crippen LogP contribution >= 0.6 is 0 Å². The number of amides is 3. The van der Waals surface area contributed by atoms with E-state index < -0.39 is 35.2 Å². The van der Waals surface area contributed by atoms with Gasteiger partial charge >= 0.3 is 0 Å². The third kappa shape index (κ3) is 9.02. The minimum Gasteiger partial charge on any atom is -0.390 e. The quantitative estimate of drug-likeness (QED) is 0.0926. The molecule has 316 valence electrons. The predicted molar refractivity (Wildman–Crippen MR) is 225 cm³/mol. The van der Waals surface area contributed by atoms with Crippen LogP contribution in [0.1, 0.15) is 158 Å². The Morgan fingerprint density at radius 2 is 1.54 bits per heavy atom. The number of carbonyl (C=O) groups is 4. The maximum Gasteiger partial charge on any atom is 0.289 e. The highest BCUT2D eigenvalue weighted by Gasteiger charge is 2.85. The zero-order valence-corrected chi connectivity index (χ0v) is 36.3. The highest BCUT2D eigenvalue weighted by molar-refractivity contribution is 6.38. The second-order valence-corrected chi connectivity index (χ2v) is 20.1. The van der Waals surface area contributed by atoms with Crippen LogP contribution in [-0.4, -0.2) is 95.5 Å². The van der Waals surface area contributed by atoms with Gasteiger partial charge in [0.2, 0.25) is 17.6 Å². The van der Waals surface area contributed by atoms with Crippen LogP contribution < -0.4 is 21.7 Å². The highest BCUT2D eigenvalue weighted by Crippen LogP contribution is 2.88. The Kier molecular flexibility index (Phi) is 14.1. The topological polar surface area (TPSA) is 149 Å². The SMILES string of the molecule is C=C([C@@H](NC(=O)C(N=CN)C(C)(C)C)C1CCCCC1)N1C[C@]2(C[C@H]1C(=O)N[C@@H](CCC)C(=O)C(=O)NC1CC1)C(C)(C)C21CCC1.CC(C)N1CCCCC1. The fraction of sp³-hybridized carbons (Fsp3) is 0.844. The molecule has 5 atom stereocenters. The van der Waals surface area contributed by atoms with E-state index in [1.165, 1.54) is 51.5 Å². The van der Waals surface area contributed by atoms with E-state index in [-0.39, 0.29) is 46.1 Å². The summed E-state index contributed by atoms with van der Waals surface area (Å²) >= 11 is 0. The maximum atomic E-state index is 14.4. The average Bonchev–Trinajstić information content (AvgIpc) is 3.97. The van der Waals surface area contributed by atoms with Crippen molar-refractivity contribution in [3.8, 4) is 0 Å². The van der Waals surface area contributed by atoms with Crippen LogP contribution in [0.25, 0.3) is 0 Å². The standard InChI is InChI=1S/C37H60N6O4.C8H17N/c1-8-13-26(29(44)32(46)40-25-16-17-25)41-31(45)27-20-37(35(6,7)36(37)18-12-19-36)21-43(27)23(2)28(24-14-10-9-11-15-24)42-33(47)30(39-22-38)34(3,4)5;1-8(2)9-6-4-3-5-7-9/h22,24-28,30H,2,8-21H2,1,3-7H3,(H2,38,39)(H,40,46)(H,41,45)(H,42,47);8H,3-7H2,1-2H3/t26-,27-,28+,30?,37+;/m0./s1. The van der Waals surface area contributed by atoms with E-state index in [0.717, 1.165) is 63.1 Å². The Hall–Kier alpha value is -2.95. The van der Waals surface area contributed by atoms with E-state index in [9.17, 15) is 19.2 Å². The molecule has 4 saturated carbocycles. The summed E-state index contributed by atoms with van der Waals surface area (Å²) in [6, 6.07) is -1.62. The van der Waals surface area contributed by atoms with Gasteiger partial charge in [0.25, 0.3) is 5.91 Å². The van der Waals surface area contributed by atoms with Gasteiger partial charge in [-0.25, -0.2) is 0 Å². The van der Waals surface area contributed by atoms with Crippen LogP contribution in [-0.2, 0) is 19.2 Å². The molecule has 2 saturated heterocycles. The molecular weight excluding hydrogens is 703 g/mol. The number of nitrogens with two attached hydrogens (primary N) is 1. The van der Waals surface area contributed by atoms with Crippen LogP contribution in [0.5, 0.6) is 0 Å². The summed E-state index contributed by atoms with van der Waals surface area (Å²) in [5.41, 5.74) is 6.19. The zero-order chi connectivity index (χ0) is 41.1. The van der Waals surface area contributed by atoms with Crippen LogP contribution in [0.3, 0.4) is 0 Å². The van der Waals surface area contributed by atoms with Gasteiger partial charge in [-0.1, -0.05) is 86.6 Å². The van der Waals surface area contributed by atoms with E-state index in [1.54, 1.807) is 0 Å². The maximum absolute atomic E-state index is 14.4. The van der Waals surface area contributed by atoms with Crippen molar-refractivity contribution in [3.05, 3.63) is 12.3 Å². The first-order valence-corrected chi connectivity index (χ1v) is 22.3. The van der Waals surface area contributed by atoms with Gasteiger partial charge in [-0.05, 0) is 113 Å². The number of nitrogens with zero attached hydrogens (tertiary/aromatic N) is 3. The van der Waals surface area contributed by atoms with Crippen molar-refractivity contribution >= 4 is 29.8 Å². The molecule has 5 N–H and O–H groups in total. The molecule has 0 bridgehead atoms. The molecule has 2 heterocycles. The average molecular weight is 780 g/mol. The molecule has 2 aliphatic heterocycles. The molecule has 6 aliphatic rings. The summed E-state index contributed by atoms with van der Waals surface area (Å²) in [6.45, 7) is 25.1. The number of likely N-dealkylation sites (tertiary alicyclic amines) is 2. The van der Waals surface area contributed by atoms with Crippen molar-refractivity contribution in [2.45, 2.75) is 194 Å². The first kappa shape index (κ1) is 44.2. The lowest BCUT2D eigenvalue weighted by Crippen LogP contribution is -2.55. The number of nitrogens with one attached hydrogen (secondary N) is 3. The predicted octanol–water partition coefficient (Wildman–Crippen LogP) is 6.25. The van der Waals surface area contributed by atoms with Crippen molar-refractivity contribution in [2.24, 2.45) is 38.3 Å². The Balaban J connectivity index is 0.000000586. The molecule has 6 fully saturated rings. The molecule has 0 radical (unpaired) electrons. The molecule has 0 aromatic rings. The molecule has 2 spiro atoms. The number of hydrogen-bond donors (Lipinski definition) is 4. The second kappa shape index (κ2) is 17.9. The van der Waals surface area contributed by atoms with Gasteiger partial charge in [-0.15, -0.1) is 0 Å². The Morgan fingerprint density at radius 3 is 2.02 bits per heavy atom. The summed E-state index contributed by atoms with van der Waals surface area (Å²) < 4.78 is 0.